The molecule has 0 saturated heterocycles. The maximum absolute atomic E-state index is 13.4. The Bertz CT molecular complexity index is 654. The van der Waals surface area contributed by atoms with Crippen LogP contribution >= 0.6 is 0 Å². The molecular formula is C24H34O. The number of Topliss-reactive ketones (excluding diaryl/α,β-unsaturated/α-hetero) is 1. The van der Waals surface area contributed by atoms with Crippen molar-refractivity contribution in [2.45, 2.75) is 84.5 Å². The summed E-state index contributed by atoms with van der Waals surface area (Å²) in [6.45, 7) is 6.34. The number of hydrogen-bond acceptors (Lipinski definition) is 1. The van der Waals surface area contributed by atoms with Crippen LogP contribution in [0.1, 0.15) is 89.2 Å². The first-order valence-electron chi connectivity index (χ1n) is 10.8. The summed E-state index contributed by atoms with van der Waals surface area (Å²) in [5, 5.41) is 0. The molecule has 1 nitrogen and oxygen atoms in total. The van der Waals surface area contributed by atoms with Gasteiger partial charge in [0.25, 0.3) is 0 Å². The zero-order valence-corrected chi connectivity index (χ0v) is 16.3. The van der Waals surface area contributed by atoms with Crippen molar-refractivity contribution in [3.8, 4) is 0 Å². The smallest absolute Gasteiger partial charge is 0.145 e. The maximum atomic E-state index is 13.4. The monoisotopic (exact) mass is 338 g/mol. The van der Waals surface area contributed by atoms with Gasteiger partial charge in [-0.3, -0.25) is 4.79 Å². The highest BCUT2D eigenvalue weighted by Crippen LogP contribution is 2.66. The van der Waals surface area contributed by atoms with Crippen molar-refractivity contribution in [1.82, 2.24) is 0 Å². The van der Waals surface area contributed by atoms with Crippen LogP contribution < -0.4 is 0 Å². The van der Waals surface area contributed by atoms with E-state index < -0.39 is 0 Å². The topological polar surface area (TPSA) is 17.1 Å². The number of benzene rings is 1. The fourth-order valence-electron chi connectivity index (χ4n) is 7.10. The molecule has 1 spiro atoms. The first-order chi connectivity index (χ1) is 12.1. The number of hydrogen-bond donors (Lipinski definition) is 0. The largest absolute Gasteiger partial charge is 0.298 e. The SMILES string of the molecule is CC.C[C@@]12CCC3c4ccccc4CCC3[C@H]1CC1(CCCC1)C2=O. The van der Waals surface area contributed by atoms with Gasteiger partial charge < -0.3 is 0 Å². The van der Waals surface area contributed by atoms with Crippen molar-refractivity contribution in [3.63, 3.8) is 0 Å². The van der Waals surface area contributed by atoms with Crippen LogP contribution in [0.3, 0.4) is 0 Å². The van der Waals surface area contributed by atoms with Gasteiger partial charge in [0.15, 0.2) is 0 Å². The maximum Gasteiger partial charge on any atom is 0.145 e. The van der Waals surface area contributed by atoms with E-state index in [2.05, 4.69) is 31.2 Å². The van der Waals surface area contributed by atoms with Crippen LogP contribution in [0.5, 0.6) is 0 Å². The molecule has 3 saturated carbocycles. The molecule has 4 aliphatic carbocycles. The summed E-state index contributed by atoms with van der Waals surface area (Å²) < 4.78 is 0. The van der Waals surface area contributed by atoms with Crippen molar-refractivity contribution >= 4 is 5.78 Å². The van der Waals surface area contributed by atoms with Crippen molar-refractivity contribution in [1.29, 1.82) is 0 Å². The van der Waals surface area contributed by atoms with E-state index in [1.165, 1.54) is 51.4 Å². The first-order valence-corrected chi connectivity index (χ1v) is 10.8. The Balaban J connectivity index is 0.000000758. The zero-order valence-electron chi connectivity index (χ0n) is 16.3. The lowest BCUT2D eigenvalue weighted by Crippen LogP contribution is -2.43. The van der Waals surface area contributed by atoms with Gasteiger partial charge in [-0.1, -0.05) is 57.9 Å². The molecule has 3 fully saturated rings. The van der Waals surface area contributed by atoms with Crippen LogP contribution in [0, 0.1) is 22.7 Å². The van der Waals surface area contributed by atoms with Gasteiger partial charge >= 0.3 is 0 Å². The van der Waals surface area contributed by atoms with Gasteiger partial charge in [-0.05, 0) is 73.8 Å². The van der Waals surface area contributed by atoms with Crippen LogP contribution in [0.2, 0.25) is 0 Å². The molecule has 0 heterocycles. The van der Waals surface area contributed by atoms with E-state index >= 15 is 0 Å². The molecule has 5 rings (SSSR count). The van der Waals surface area contributed by atoms with E-state index in [9.17, 15) is 4.79 Å². The summed E-state index contributed by atoms with van der Waals surface area (Å²) in [5.41, 5.74) is 3.28. The van der Waals surface area contributed by atoms with Gasteiger partial charge in [0.05, 0.1) is 0 Å². The lowest BCUT2D eigenvalue weighted by Gasteiger charge is -2.48. The minimum absolute atomic E-state index is 0.00219. The van der Waals surface area contributed by atoms with Gasteiger partial charge in [-0.15, -0.1) is 0 Å². The highest BCUT2D eigenvalue weighted by atomic mass is 16.1. The minimum Gasteiger partial charge on any atom is -0.298 e. The van der Waals surface area contributed by atoms with Gasteiger partial charge in [0.2, 0.25) is 0 Å². The number of aryl methyl sites for hydroxylation is 1. The number of rotatable bonds is 0. The molecule has 1 aromatic rings. The quantitative estimate of drug-likeness (QED) is 0.542. The molecule has 1 aromatic carbocycles. The van der Waals surface area contributed by atoms with Gasteiger partial charge in [-0.25, -0.2) is 0 Å². The molecule has 4 atom stereocenters. The number of fused-ring (bicyclic) bond motifs is 5. The average molecular weight is 339 g/mol. The lowest BCUT2D eigenvalue weighted by atomic mass is 9.55. The predicted octanol–water partition coefficient (Wildman–Crippen LogP) is 6.31. The molecule has 0 aliphatic heterocycles. The molecule has 0 N–H and O–H groups in total. The summed E-state index contributed by atoms with van der Waals surface area (Å²) in [6.07, 6.45) is 11.1. The van der Waals surface area contributed by atoms with Crippen molar-refractivity contribution in [2.24, 2.45) is 22.7 Å². The summed E-state index contributed by atoms with van der Waals surface area (Å²) >= 11 is 0. The molecule has 136 valence electrons. The summed E-state index contributed by atoms with van der Waals surface area (Å²) in [4.78, 5) is 13.4. The highest BCUT2D eigenvalue weighted by Gasteiger charge is 2.63. The number of ketones is 1. The molecule has 0 amide bonds. The molecule has 1 heteroatoms. The van der Waals surface area contributed by atoms with Crippen molar-refractivity contribution < 1.29 is 4.79 Å². The third-order valence-electron chi connectivity index (χ3n) is 8.20. The standard InChI is InChI=1S/C22H28O.C2H6/c1-21-13-10-17-16-7-3-2-6-15(16)8-9-18(17)19(21)14-22(20(21)23)11-4-5-12-22;1-2/h2-3,6-7,17-19H,4-5,8-14H2,1H3;1-2H3/t17?,18?,19-,21-;/m1./s1. The molecule has 4 aliphatic rings. The predicted molar refractivity (Wildman–Crippen MR) is 104 cm³/mol. The third kappa shape index (κ3) is 2.37. The van der Waals surface area contributed by atoms with E-state index in [1.54, 1.807) is 11.1 Å². The first kappa shape index (κ1) is 17.3. The van der Waals surface area contributed by atoms with E-state index in [4.69, 9.17) is 0 Å². The molecule has 0 bridgehead atoms. The Hall–Kier alpha value is -1.11. The van der Waals surface area contributed by atoms with Crippen LogP contribution in [0.25, 0.3) is 0 Å². The molecule has 0 aromatic heterocycles. The van der Waals surface area contributed by atoms with E-state index in [0.717, 1.165) is 18.3 Å². The van der Waals surface area contributed by atoms with E-state index in [0.29, 0.717) is 11.7 Å². The van der Waals surface area contributed by atoms with E-state index in [-0.39, 0.29) is 10.8 Å². The summed E-state index contributed by atoms with van der Waals surface area (Å²) in [5.74, 6) is 2.81. The van der Waals surface area contributed by atoms with E-state index in [1.807, 2.05) is 13.8 Å². The molecule has 25 heavy (non-hydrogen) atoms. The van der Waals surface area contributed by atoms with Gasteiger partial charge in [0, 0.05) is 10.8 Å². The Morgan fingerprint density at radius 3 is 2.48 bits per heavy atom. The highest BCUT2D eigenvalue weighted by molar-refractivity contribution is 5.93. The van der Waals surface area contributed by atoms with Crippen LogP contribution in [-0.2, 0) is 11.2 Å². The lowest BCUT2D eigenvalue weighted by molar-refractivity contribution is -0.135. The molecule has 0 radical (unpaired) electrons. The van der Waals surface area contributed by atoms with Crippen LogP contribution in [0.15, 0.2) is 24.3 Å². The van der Waals surface area contributed by atoms with Gasteiger partial charge in [-0.2, -0.15) is 0 Å². The fraction of sp³-hybridized carbons (Fsp3) is 0.708. The van der Waals surface area contributed by atoms with Crippen LogP contribution in [0.4, 0.5) is 0 Å². The molecule has 2 unspecified atom stereocenters. The normalized spacial score (nSPS) is 37.7. The Morgan fingerprint density at radius 1 is 1.00 bits per heavy atom. The third-order valence-corrected chi connectivity index (χ3v) is 8.20. The summed E-state index contributed by atoms with van der Waals surface area (Å²) in [7, 11) is 0. The number of carbonyl (C=O) groups is 1. The second kappa shape index (κ2) is 6.25. The molecular weight excluding hydrogens is 304 g/mol. The fourth-order valence-corrected chi connectivity index (χ4v) is 7.10. The van der Waals surface area contributed by atoms with Crippen molar-refractivity contribution in [3.05, 3.63) is 35.4 Å². The van der Waals surface area contributed by atoms with Gasteiger partial charge in [0.1, 0.15) is 5.78 Å². The second-order valence-electron chi connectivity index (χ2n) is 9.09. The Labute approximate surface area is 153 Å². The Kier molecular flexibility index (Phi) is 4.33. The minimum atomic E-state index is -0.00219. The average Bonchev–Trinajstić information content (AvgIpc) is 3.22. The second-order valence-corrected chi connectivity index (χ2v) is 9.09. The zero-order chi connectivity index (χ0) is 17.7. The van der Waals surface area contributed by atoms with Crippen LogP contribution in [-0.4, -0.2) is 5.78 Å². The van der Waals surface area contributed by atoms with Crippen molar-refractivity contribution in [2.75, 3.05) is 0 Å². The number of carbonyl (C=O) groups excluding carboxylic acids is 1. The summed E-state index contributed by atoms with van der Waals surface area (Å²) in [6, 6.07) is 9.11. The Morgan fingerprint density at radius 2 is 1.72 bits per heavy atom.